The average Bonchev–Trinajstić information content (AvgIpc) is 2.98. The number of nitrogens with one attached hydrogen (secondary N) is 1. The number of benzene rings is 1. The number of aromatic nitrogens is 3. The fourth-order valence-electron chi connectivity index (χ4n) is 1.77. The summed E-state index contributed by atoms with van der Waals surface area (Å²) in [4.78, 5) is 8.36. The van der Waals surface area contributed by atoms with E-state index in [4.69, 9.17) is 4.52 Å². The second-order valence-corrected chi connectivity index (χ2v) is 3.99. The molecule has 5 nitrogen and oxygen atoms in total. The van der Waals surface area contributed by atoms with Gasteiger partial charge in [0.2, 0.25) is 5.82 Å². The van der Waals surface area contributed by atoms with Crippen LogP contribution in [0.1, 0.15) is 0 Å². The molecular formula is C14H12N4O. The molecule has 5 heteroatoms. The molecule has 2 heterocycles. The maximum absolute atomic E-state index is 5.30. The van der Waals surface area contributed by atoms with E-state index in [9.17, 15) is 0 Å². The minimum atomic E-state index is 0.504. The Labute approximate surface area is 110 Å². The van der Waals surface area contributed by atoms with Gasteiger partial charge in [0.05, 0.1) is 0 Å². The summed E-state index contributed by atoms with van der Waals surface area (Å²) >= 11 is 0. The summed E-state index contributed by atoms with van der Waals surface area (Å²) in [6.45, 7) is 0. The van der Waals surface area contributed by atoms with Crippen molar-refractivity contribution in [2.75, 3.05) is 12.4 Å². The molecule has 3 rings (SSSR count). The van der Waals surface area contributed by atoms with Crippen LogP contribution in [-0.4, -0.2) is 22.2 Å². The SMILES string of the molecule is CNc1cccc(-c2nc(-c3ccncc3)no2)c1. The Kier molecular flexibility index (Phi) is 2.94. The van der Waals surface area contributed by atoms with Crippen LogP contribution in [0.25, 0.3) is 22.8 Å². The van der Waals surface area contributed by atoms with Crippen molar-refractivity contribution in [3.8, 4) is 22.8 Å². The first kappa shape index (κ1) is 11.4. The highest BCUT2D eigenvalue weighted by atomic mass is 16.5. The van der Waals surface area contributed by atoms with Gasteiger partial charge in [0, 0.05) is 36.3 Å². The molecule has 0 saturated heterocycles. The Balaban J connectivity index is 1.97. The first-order valence-corrected chi connectivity index (χ1v) is 5.89. The van der Waals surface area contributed by atoms with Crippen LogP contribution in [0.4, 0.5) is 5.69 Å². The van der Waals surface area contributed by atoms with Gasteiger partial charge in [-0.2, -0.15) is 4.98 Å². The number of hydrogen-bond donors (Lipinski definition) is 1. The number of anilines is 1. The van der Waals surface area contributed by atoms with Gasteiger partial charge in [0.15, 0.2) is 0 Å². The molecule has 0 unspecified atom stereocenters. The van der Waals surface area contributed by atoms with Gasteiger partial charge in [-0.1, -0.05) is 11.2 Å². The van der Waals surface area contributed by atoms with E-state index in [0.29, 0.717) is 11.7 Å². The molecule has 0 amide bonds. The normalized spacial score (nSPS) is 10.4. The van der Waals surface area contributed by atoms with Gasteiger partial charge in [0.1, 0.15) is 0 Å². The second-order valence-electron chi connectivity index (χ2n) is 3.99. The lowest BCUT2D eigenvalue weighted by Crippen LogP contribution is -1.88. The summed E-state index contributed by atoms with van der Waals surface area (Å²) in [6.07, 6.45) is 3.40. The van der Waals surface area contributed by atoms with Crippen molar-refractivity contribution in [1.82, 2.24) is 15.1 Å². The quantitative estimate of drug-likeness (QED) is 0.776. The van der Waals surface area contributed by atoms with Crippen molar-refractivity contribution in [3.63, 3.8) is 0 Å². The molecule has 0 bridgehead atoms. The Hall–Kier alpha value is -2.69. The Morgan fingerprint density at radius 3 is 2.68 bits per heavy atom. The Bertz CT molecular complexity index is 679. The monoisotopic (exact) mass is 252 g/mol. The van der Waals surface area contributed by atoms with E-state index >= 15 is 0 Å². The van der Waals surface area contributed by atoms with Gasteiger partial charge < -0.3 is 9.84 Å². The first-order valence-electron chi connectivity index (χ1n) is 5.89. The summed E-state index contributed by atoms with van der Waals surface area (Å²) in [7, 11) is 1.87. The van der Waals surface area contributed by atoms with Crippen molar-refractivity contribution >= 4 is 5.69 Å². The van der Waals surface area contributed by atoms with Gasteiger partial charge in [-0.15, -0.1) is 0 Å². The molecule has 94 valence electrons. The zero-order valence-electron chi connectivity index (χ0n) is 10.4. The molecule has 3 aromatic rings. The molecule has 0 radical (unpaired) electrons. The predicted octanol–water partition coefficient (Wildman–Crippen LogP) is 2.84. The van der Waals surface area contributed by atoms with Crippen LogP contribution in [0.5, 0.6) is 0 Å². The summed E-state index contributed by atoms with van der Waals surface area (Å²) in [5, 5.41) is 7.06. The third kappa shape index (κ3) is 2.30. The van der Waals surface area contributed by atoms with E-state index in [1.54, 1.807) is 12.4 Å². The van der Waals surface area contributed by atoms with E-state index in [0.717, 1.165) is 16.8 Å². The highest BCUT2D eigenvalue weighted by molar-refractivity contribution is 5.63. The summed E-state index contributed by atoms with van der Waals surface area (Å²) < 4.78 is 5.30. The van der Waals surface area contributed by atoms with Gasteiger partial charge in [-0.25, -0.2) is 0 Å². The zero-order valence-corrected chi connectivity index (χ0v) is 10.4. The van der Waals surface area contributed by atoms with Crippen LogP contribution in [0, 0.1) is 0 Å². The van der Waals surface area contributed by atoms with Gasteiger partial charge in [-0.3, -0.25) is 4.98 Å². The van der Waals surface area contributed by atoms with E-state index < -0.39 is 0 Å². The molecule has 2 aromatic heterocycles. The maximum atomic E-state index is 5.30. The number of rotatable bonds is 3. The lowest BCUT2D eigenvalue weighted by molar-refractivity contribution is 0.432. The Morgan fingerprint density at radius 1 is 1.05 bits per heavy atom. The molecule has 0 fully saturated rings. The van der Waals surface area contributed by atoms with E-state index in [1.165, 1.54) is 0 Å². The molecular weight excluding hydrogens is 240 g/mol. The first-order chi connectivity index (χ1) is 9.36. The third-order valence-electron chi connectivity index (χ3n) is 2.76. The molecule has 1 aromatic carbocycles. The summed E-state index contributed by atoms with van der Waals surface area (Å²) in [6, 6.07) is 11.5. The maximum Gasteiger partial charge on any atom is 0.258 e. The summed E-state index contributed by atoms with van der Waals surface area (Å²) in [5.74, 6) is 1.07. The molecule has 0 atom stereocenters. The van der Waals surface area contributed by atoms with Crippen LogP contribution in [0.3, 0.4) is 0 Å². The molecule has 0 aliphatic heterocycles. The lowest BCUT2D eigenvalue weighted by atomic mass is 10.2. The smallest absolute Gasteiger partial charge is 0.258 e. The second kappa shape index (κ2) is 4.89. The van der Waals surface area contributed by atoms with Crippen LogP contribution < -0.4 is 5.32 Å². The highest BCUT2D eigenvalue weighted by Crippen LogP contribution is 2.23. The van der Waals surface area contributed by atoms with Crippen LogP contribution in [-0.2, 0) is 0 Å². The van der Waals surface area contributed by atoms with Crippen molar-refractivity contribution < 1.29 is 4.52 Å². The number of nitrogens with zero attached hydrogens (tertiary/aromatic N) is 3. The number of hydrogen-bond acceptors (Lipinski definition) is 5. The lowest BCUT2D eigenvalue weighted by Gasteiger charge is -2.00. The Morgan fingerprint density at radius 2 is 1.89 bits per heavy atom. The molecule has 0 aliphatic carbocycles. The van der Waals surface area contributed by atoms with Crippen LogP contribution >= 0.6 is 0 Å². The van der Waals surface area contributed by atoms with Crippen molar-refractivity contribution in [3.05, 3.63) is 48.8 Å². The van der Waals surface area contributed by atoms with E-state index in [2.05, 4.69) is 20.4 Å². The van der Waals surface area contributed by atoms with Crippen LogP contribution in [0.15, 0.2) is 53.3 Å². The average molecular weight is 252 g/mol. The molecule has 0 spiro atoms. The molecule has 1 N–H and O–H groups in total. The molecule has 19 heavy (non-hydrogen) atoms. The van der Waals surface area contributed by atoms with Crippen LogP contribution in [0.2, 0.25) is 0 Å². The van der Waals surface area contributed by atoms with Crippen molar-refractivity contribution in [2.45, 2.75) is 0 Å². The standard InChI is InChI=1S/C14H12N4O/c1-15-12-4-2-3-11(9-12)14-17-13(18-19-14)10-5-7-16-8-6-10/h2-9,15H,1H3. The zero-order chi connectivity index (χ0) is 13.1. The molecule has 0 aliphatic rings. The number of pyridine rings is 1. The predicted molar refractivity (Wildman–Crippen MR) is 72.5 cm³/mol. The van der Waals surface area contributed by atoms with E-state index in [-0.39, 0.29) is 0 Å². The largest absolute Gasteiger partial charge is 0.388 e. The highest BCUT2D eigenvalue weighted by Gasteiger charge is 2.10. The van der Waals surface area contributed by atoms with Crippen molar-refractivity contribution in [2.24, 2.45) is 0 Å². The fraction of sp³-hybridized carbons (Fsp3) is 0.0714. The van der Waals surface area contributed by atoms with E-state index in [1.807, 2.05) is 43.4 Å². The van der Waals surface area contributed by atoms with Crippen molar-refractivity contribution in [1.29, 1.82) is 0 Å². The van der Waals surface area contributed by atoms with Gasteiger partial charge in [0.25, 0.3) is 5.89 Å². The minimum absolute atomic E-state index is 0.504. The summed E-state index contributed by atoms with van der Waals surface area (Å²) in [5.41, 5.74) is 2.77. The third-order valence-corrected chi connectivity index (χ3v) is 2.76. The fourth-order valence-corrected chi connectivity index (χ4v) is 1.77. The van der Waals surface area contributed by atoms with Gasteiger partial charge in [-0.05, 0) is 30.3 Å². The minimum Gasteiger partial charge on any atom is -0.388 e. The topological polar surface area (TPSA) is 63.8 Å². The molecule has 0 saturated carbocycles. The van der Waals surface area contributed by atoms with Gasteiger partial charge >= 0.3 is 0 Å².